The molecule has 0 bridgehead atoms. The minimum atomic E-state index is -1.10. The highest BCUT2D eigenvalue weighted by Crippen LogP contribution is 2.35. The first-order valence-electron chi connectivity index (χ1n) is 8.39. The lowest BCUT2D eigenvalue weighted by molar-refractivity contribution is -0.124. The highest BCUT2D eigenvalue weighted by atomic mass is 16.2. The Morgan fingerprint density at radius 1 is 0.846 bits per heavy atom. The van der Waals surface area contributed by atoms with Gasteiger partial charge in [0.25, 0.3) is 0 Å². The van der Waals surface area contributed by atoms with E-state index in [1.54, 1.807) is 30.3 Å². The van der Waals surface area contributed by atoms with Crippen molar-refractivity contribution in [2.75, 3.05) is 6.54 Å². The summed E-state index contributed by atoms with van der Waals surface area (Å²) >= 11 is 0. The van der Waals surface area contributed by atoms with E-state index in [1.807, 2.05) is 18.2 Å². The van der Waals surface area contributed by atoms with Crippen molar-refractivity contribution in [2.45, 2.75) is 6.42 Å². The predicted molar refractivity (Wildman–Crippen MR) is 95.0 cm³/mol. The molecule has 0 N–H and O–H groups in total. The van der Waals surface area contributed by atoms with Crippen LogP contribution in [0.15, 0.2) is 58.5 Å². The van der Waals surface area contributed by atoms with E-state index in [0.29, 0.717) is 29.2 Å². The Kier molecular flexibility index (Phi) is 3.03. The predicted octanol–water partition coefficient (Wildman–Crippen LogP) is 2.40. The quantitative estimate of drug-likeness (QED) is 0.746. The van der Waals surface area contributed by atoms with E-state index in [4.69, 9.17) is 0 Å². The first-order chi connectivity index (χ1) is 12.7. The fourth-order valence-corrected chi connectivity index (χ4v) is 3.70. The molecule has 1 aliphatic carbocycles. The first kappa shape index (κ1) is 14.9. The summed E-state index contributed by atoms with van der Waals surface area (Å²) in [6.07, 6.45) is 0.229. The largest absolute Gasteiger partial charge is 0.293 e. The van der Waals surface area contributed by atoms with Gasteiger partial charge in [0.05, 0.1) is 12.2 Å². The van der Waals surface area contributed by atoms with E-state index >= 15 is 0 Å². The van der Waals surface area contributed by atoms with E-state index < -0.39 is 5.92 Å². The van der Waals surface area contributed by atoms with Gasteiger partial charge in [-0.05, 0) is 12.1 Å². The average molecular weight is 343 g/mol. The summed E-state index contributed by atoms with van der Waals surface area (Å²) < 4.78 is 0. The van der Waals surface area contributed by atoms with Gasteiger partial charge in [0.1, 0.15) is 17.6 Å². The summed E-state index contributed by atoms with van der Waals surface area (Å²) in [5.41, 5.74) is 2.11. The minimum Gasteiger partial charge on any atom is -0.293 e. The van der Waals surface area contributed by atoms with Crippen LogP contribution in [-0.2, 0) is 4.79 Å². The van der Waals surface area contributed by atoms with Gasteiger partial charge in [-0.3, -0.25) is 24.3 Å². The third-order valence-electron chi connectivity index (χ3n) is 4.90. The maximum absolute atomic E-state index is 12.9. The van der Waals surface area contributed by atoms with E-state index in [-0.39, 0.29) is 29.7 Å². The van der Waals surface area contributed by atoms with Crippen LogP contribution in [-0.4, -0.2) is 40.6 Å². The molecule has 0 unspecified atom stereocenters. The second kappa shape index (κ2) is 5.29. The number of benzene rings is 2. The molecule has 126 valence electrons. The Morgan fingerprint density at radius 3 is 2.15 bits per heavy atom. The number of amides is 1. The zero-order chi connectivity index (χ0) is 17.8. The highest BCUT2D eigenvalue weighted by molar-refractivity contribution is 6.40. The lowest BCUT2D eigenvalue weighted by Gasteiger charge is -2.34. The second-order valence-corrected chi connectivity index (χ2v) is 6.38. The molecule has 2 heterocycles. The lowest BCUT2D eigenvalue weighted by atomic mass is 9.97. The van der Waals surface area contributed by atoms with Crippen molar-refractivity contribution in [3.8, 4) is 0 Å². The molecule has 0 spiro atoms. The minimum absolute atomic E-state index is 0.165. The van der Waals surface area contributed by atoms with Crippen molar-refractivity contribution in [3.05, 3.63) is 65.2 Å². The molecule has 0 atom stereocenters. The third-order valence-corrected chi connectivity index (χ3v) is 4.90. The number of Topliss-reactive ketones (excluding diaryl/α,β-unsaturated/α-hetero) is 2. The normalized spacial score (nSPS) is 18.9. The number of hydrogen-bond acceptors (Lipinski definition) is 5. The maximum atomic E-state index is 12.9. The van der Waals surface area contributed by atoms with E-state index in [2.05, 4.69) is 9.98 Å². The first-order valence-corrected chi connectivity index (χ1v) is 8.39. The zero-order valence-electron chi connectivity index (χ0n) is 13.7. The van der Waals surface area contributed by atoms with E-state index in [0.717, 1.165) is 5.56 Å². The van der Waals surface area contributed by atoms with Gasteiger partial charge in [-0.25, -0.2) is 4.99 Å². The number of carbonyl (C=O) groups is 3. The number of aliphatic imine (C=N–C) groups is 2. The van der Waals surface area contributed by atoms with Crippen LogP contribution < -0.4 is 0 Å². The summed E-state index contributed by atoms with van der Waals surface area (Å²) in [4.78, 5) is 48.9. The van der Waals surface area contributed by atoms with Crippen molar-refractivity contribution < 1.29 is 14.4 Å². The third kappa shape index (κ3) is 1.89. The number of ketones is 2. The molecule has 0 saturated heterocycles. The molecule has 0 saturated carbocycles. The molecule has 3 aliphatic rings. The van der Waals surface area contributed by atoms with Crippen LogP contribution in [0.1, 0.15) is 32.7 Å². The Bertz CT molecular complexity index is 1030. The van der Waals surface area contributed by atoms with Gasteiger partial charge >= 0.3 is 0 Å². The van der Waals surface area contributed by atoms with Crippen molar-refractivity contribution in [1.29, 1.82) is 0 Å². The number of rotatable bonds is 1. The van der Waals surface area contributed by atoms with Gasteiger partial charge in [0.2, 0.25) is 5.91 Å². The number of para-hydroxylation sites is 1. The molecular weight excluding hydrogens is 330 g/mol. The van der Waals surface area contributed by atoms with Crippen molar-refractivity contribution in [3.63, 3.8) is 0 Å². The van der Waals surface area contributed by atoms with Gasteiger partial charge in [0.15, 0.2) is 11.6 Å². The molecule has 6 nitrogen and oxygen atoms in total. The Labute approximate surface area is 148 Å². The SMILES string of the molecule is O=C1c2ccccc2C(=O)C1C1=Nc2ccccc2C2=NCCC(=O)N21. The van der Waals surface area contributed by atoms with Gasteiger partial charge < -0.3 is 0 Å². The lowest BCUT2D eigenvalue weighted by Crippen LogP contribution is -2.51. The van der Waals surface area contributed by atoms with Gasteiger partial charge in [0, 0.05) is 23.1 Å². The topological polar surface area (TPSA) is 79.2 Å². The van der Waals surface area contributed by atoms with Crippen LogP contribution in [0.5, 0.6) is 0 Å². The Balaban J connectivity index is 1.72. The standard InChI is InChI=1S/C20H13N3O3/c24-15-9-10-21-19-13-7-3-4-8-14(13)22-20(23(15)19)16-17(25)11-5-1-2-6-12(11)18(16)26/h1-8,16H,9-10H2. The molecule has 2 aliphatic heterocycles. The number of carbonyl (C=O) groups excluding carboxylic acids is 3. The average Bonchev–Trinajstić information content (AvgIpc) is 2.92. The number of fused-ring (bicyclic) bond motifs is 4. The number of amidine groups is 2. The van der Waals surface area contributed by atoms with Crippen LogP contribution in [0.4, 0.5) is 5.69 Å². The Morgan fingerprint density at radius 2 is 1.46 bits per heavy atom. The summed E-state index contributed by atoms with van der Waals surface area (Å²) in [5, 5.41) is 0. The summed E-state index contributed by atoms with van der Waals surface area (Å²) in [7, 11) is 0. The summed E-state index contributed by atoms with van der Waals surface area (Å²) in [5.74, 6) is -1.30. The molecule has 0 aromatic heterocycles. The molecule has 6 heteroatoms. The Hall–Kier alpha value is -3.41. The van der Waals surface area contributed by atoms with Gasteiger partial charge in [-0.15, -0.1) is 0 Å². The van der Waals surface area contributed by atoms with Crippen molar-refractivity contribution in [1.82, 2.24) is 4.90 Å². The fraction of sp³-hybridized carbons (Fsp3) is 0.150. The van der Waals surface area contributed by atoms with E-state index in [9.17, 15) is 14.4 Å². The maximum Gasteiger partial charge on any atom is 0.235 e. The number of nitrogens with zero attached hydrogens (tertiary/aromatic N) is 3. The van der Waals surface area contributed by atoms with Crippen LogP contribution in [0, 0.1) is 5.92 Å². The van der Waals surface area contributed by atoms with Crippen LogP contribution >= 0.6 is 0 Å². The van der Waals surface area contributed by atoms with Crippen molar-refractivity contribution >= 4 is 34.8 Å². The highest BCUT2D eigenvalue weighted by Gasteiger charge is 2.47. The molecule has 0 fully saturated rings. The zero-order valence-corrected chi connectivity index (χ0v) is 13.7. The monoisotopic (exact) mass is 343 g/mol. The molecule has 2 aromatic carbocycles. The number of hydrogen-bond donors (Lipinski definition) is 0. The van der Waals surface area contributed by atoms with E-state index in [1.165, 1.54) is 4.90 Å². The van der Waals surface area contributed by atoms with Crippen LogP contribution in [0.25, 0.3) is 0 Å². The van der Waals surface area contributed by atoms with Gasteiger partial charge in [-0.2, -0.15) is 0 Å². The molecule has 26 heavy (non-hydrogen) atoms. The molecule has 2 aromatic rings. The summed E-state index contributed by atoms with van der Waals surface area (Å²) in [6, 6.07) is 14.0. The smallest absolute Gasteiger partial charge is 0.235 e. The second-order valence-electron chi connectivity index (χ2n) is 6.38. The molecule has 5 rings (SSSR count). The fourth-order valence-electron chi connectivity index (χ4n) is 3.70. The van der Waals surface area contributed by atoms with Gasteiger partial charge in [-0.1, -0.05) is 36.4 Å². The molecular formula is C20H13N3O3. The molecule has 0 radical (unpaired) electrons. The summed E-state index contributed by atoms with van der Waals surface area (Å²) in [6.45, 7) is 0.388. The van der Waals surface area contributed by atoms with Crippen LogP contribution in [0.2, 0.25) is 0 Å². The van der Waals surface area contributed by atoms with Crippen molar-refractivity contribution in [2.24, 2.45) is 15.9 Å². The molecule has 1 amide bonds. The van der Waals surface area contributed by atoms with Crippen LogP contribution in [0.3, 0.4) is 0 Å².